The zero-order chi connectivity index (χ0) is 14.5. The molecule has 0 fully saturated rings. The molecule has 0 aliphatic carbocycles. The van der Waals surface area contributed by atoms with E-state index in [4.69, 9.17) is 15.7 Å². The van der Waals surface area contributed by atoms with Gasteiger partial charge in [-0.15, -0.1) is 0 Å². The predicted molar refractivity (Wildman–Crippen MR) is 75.8 cm³/mol. The van der Waals surface area contributed by atoms with Crippen molar-refractivity contribution in [1.82, 2.24) is 0 Å². The molecule has 0 aromatic heterocycles. The Hall–Kier alpha value is -2.74. The number of rotatable bonds is 4. The van der Waals surface area contributed by atoms with Gasteiger partial charge in [0.05, 0.1) is 30.1 Å². The Morgan fingerprint density at radius 2 is 2.15 bits per heavy atom. The number of methoxy groups -OCH3 is 1. The summed E-state index contributed by atoms with van der Waals surface area (Å²) in [5.41, 5.74) is 8.18. The predicted octanol–water partition coefficient (Wildman–Crippen LogP) is 2.90. The van der Waals surface area contributed by atoms with Crippen LogP contribution in [0.1, 0.15) is 11.1 Å². The average Bonchev–Trinajstić information content (AvgIpc) is 2.46. The molecule has 2 aromatic rings. The van der Waals surface area contributed by atoms with Crippen molar-refractivity contribution in [3.05, 3.63) is 53.3 Å². The van der Waals surface area contributed by atoms with E-state index < -0.39 is 5.82 Å². The van der Waals surface area contributed by atoms with Gasteiger partial charge in [-0.25, -0.2) is 4.39 Å². The molecule has 0 aliphatic heterocycles. The molecular formula is C15H14FN3O. The van der Waals surface area contributed by atoms with Crippen LogP contribution in [0.25, 0.3) is 0 Å². The molecule has 0 saturated carbocycles. The molecule has 2 rings (SSSR count). The molecule has 0 saturated heterocycles. The first-order valence-corrected chi connectivity index (χ1v) is 6.00. The molecular weight excluding hydrogens is 257 g/mol. The summed E-state index contributed by atoms with van der Waals surface area (Å²) in [6.07, 6.45) is 0. The van der Waals surface area contributed by atoms with E-state index in [1.54, 1.807) is 12.1 Å². The summed E-state index contributed by atoms with van der Waals surface area (Å²) in [6.45, 7) is 0.481. The Labute approximate surface area is 116 Å². The van der Waals surface area contributed by atoms with Crippen molar-refractivity contribution < 1.29 is 9.13 Å². The lowest BCUT2D eigenvalue weighted by Crippen LogP contribution is -2.04. The second kappa shape index (κ2) is 5.93. The van der Waals surface area contributed by atoms with Crippen LogP contribution in [0.2, 0.25) is 0 Å². The summed E-state index contributed by atoms with van der Waals surface area (Å²) in [6, 6.07) is 12.0. The highest BCUT2D eigenvalue weighted by Crippen LogP contribution is 2.28. The van der Waals surface area contributed by atoms with E-state index in [1.807, 2.05) is 12.1 Å². The number of hydrogen-bond donors (Lipinski definition) is 2. The van der Waals surface area contributed by atoms with Gasteiger partial charge in [0.2, 0.25) is 0 Å². The fraction of sp³-hybridized carbons (Fsp3) is 0.133. The minimum atomic E-state index is -0.498. The van der Waals surface area contributed by atoms with E-state index in [-0.39, 0.29) is 5.75 Å². The maximum atomic E-state index is 13.4. The second-order valence-electron chi connectivity index (χ2n) is 4.24. The van der Waals surface area contributed by atoms with Gasteiger partial charge in [0.1, 0.15) is 0 Å². The van der Waals surface area contributed by atoms with Crippen LogP contribution < -0.4 is 15.8 Å². The van der Waals surface area contributed by atoms with E-state index in [1.165, 1.54) is 19.2 Å². The zero-order valence-corrected chi connectivity index (χ0v) is 11.0. The van der Waals surface area contributed by atoms with Gasteiger partial charge in [0.25, 0.3) is 0 Å². The number of nitriles is 1. The van der Waals surface area contributed by atoms with Crippen molar-refractivity contribution in [3.63, 3.8) is 0 Å². The molecule has 0 atom stereocenters. The smallest absolute Gasteiger partial charge is 0.167 e. The Kier molecular flexibility index (Phi) is 4.06. The van der Waals surface area contributed by atoms with E-state index in [9.17, 15) is 4.39 Å². The van der Waals surface area contributed by atoms with Crippen LogP contribution in [0.4, 0.5) is 15.8 Å². The van der Waals surface area contributed by atoms with E-state index >= 15 is 0 Å². The SMILES string of the molecule is COc1cc(NCc2cccc(C#N)c2)c(N)cc1F. The van der Waals surface area contributed by atoms with Crippen LogP contribution in [0.15, 0.2) is 36.4 Å². The fourth-order valence-electron chi connectivity index (χ4n) is 1.83. The summed E-state index contributed by atoms with van der Waals surface area (Å²) in [4.78, 5) is 0. The summed E-state index contributed by atoms with van der Waals surface area (Å²) in [7, 11) is 1.40. The molecule has 5 heteroatoms. The molecule has 20 heavy (non-hydrogen) atoms. The van der Waals surface area contributed by atoms with E-state index in [0.717, 1.165) is 5.56 Å². The van der Waals surface area contributed by atoms with Gasteiger partial charge in [-0.3, -0.25) is 0 Å². The number of nitrogens with two attached hydrogens (primary N) is 1. The molecule has 0 heterocycles. The maximum absolute atomic E-state index is 13.4. The highest BCUT2D eigenvalue weighted by molar-refractivity contribution is 5.68. The molecule has 0 bridgehead atoms. The average molecular weight is 271 g/mol. The number of nitrogens with one attached hydrogen (secondary N) is 1. The number of halogens is 1. The first kappa shape index (κ1) is 13.7. The lowest BCUT2D eigenvalue weighted by Gasteiger charge is -2.12. The minimum absolute atomic E-state index is 0.132. The maximum Gasteiger partial charge on any atom is 0.167 e. The molecule has 0 spiro atoms. The Morgan fingerprint density at radius 3 is 2.85 bits per heavy atom. The highest BCUT2D eigenvalue weighted by Gasteiger charge is 2.08. The first-order chi connectivity index (χ1) is 9.63. The zero-order valence-electron chi connectivity index (χ0n) is 11.0. The standard InChI is InChI=1S/C15H14FN3O/c1-20-15-7-14(13(18)6-12(15)16)19-9-11-4-2-3-10(5-11)8-17/h2-7,19H,9,18H2,1H3. The van der Waals surface area contributed by atoms with E-state index in [2.05, 4.69) is 11.4 Å². The first-order valence-electron chi connectivity index (χ1n) is 6.00. The van der Waals surface area contributed by atoms with Gasteiger partial charge in [-0.2, -0.15) is 5.26 Å². The molecule has 0 unspecified atom stereocenters. The van der Waals surface area contributed by atoms with Crippen molar-refractivity contribution in [3.8, 4) is 11.8 Å². The van der Waals surface area contributed by atoms with Crippen LogP contribution in [0.3, 0.4) is 0 Å². The second-order valence-corrected chi connectivity index (χ2v) is 4.24. The van der Waals surface area contributed by atoms with Crippen molar-refractivity contribution >= 4 is 11.4 Å². The van der Waals surface area contributed by atoms with Crippen molar-refractivity contribution in [2.45, 2.75) is 6.54 Å². The largest absolute Gasteiger partial charge is 0.494 e. The third kappa shape index (κ3) is 2.98. The third-order valence-electron chi connectivity index (χ3n) is 2.86. The van der Waals surface area contributed by atoms with Crippen molar-refractivity contribution in [1.29, 1.82) is 5.26 Å². The Bertz CT molecular complexity index is 665. The normalized spacial score (nSPS) is 9.85. The topological polar surface area (TPSA) is 71.1 Å². The number of nitrogens with zero attached hydrogens (tertiary/aromatic N) is 1. The number of ether oxygens (including phenoxy) is 1. The van der Waals surface area contributed by atoms with Gasteiger partial charge >= 0.3 is 0 Å². The molecule has 0 aliphatic rings. The Morgan fingerprint density at radius 1 is 1.35 bits per heavy atom. The Balaban J connectivity index is 2.16. The van der Waals surface area contributed by atoms with Crippen molar-refractivity contribution in [2.24, 2.45) is 0 Å². The van der Waals surface area contributed by atoms with Crippen LogP contribution >= 0.6 is 0 Å². The van der Waals surface area contributed by atoms with Gasteiger partial charge in [-0.1, -0.05) is 12.1 Å². The van der Waals surface area contributed by atoms with Crippen LogP contribution in [-0.4, -0.2) is 7.11 Å². The van der Waals surface area contributed by atoms with Gasteiger partial charge in [0.15, 0.2) is 11.6 Å². The summed E-state index contributed by atoms with van der Waals surface area (Å²) in [5.74, 6) is -0.366. The quantitative estimate of drug-likeness (QED) is 0.839. The number of hydrogen-bond acceptors (Lipinski definition) is 4. The number of nitrogen functional groups attached to an aromatic ring is 1. The summed E-state index contributed by atoms with van der Waals surface area (Å²) < 4.78 is 18.3. The van der Waals surface area contributed by atoms with Crippen LogP contribution in [-0.2, 0) is 6.54 Å². The van der Waals surface area contributed by atoms with Gasteiger partial charge in [0, 0.05) is 18.7 Å². The third-order valence-corrected chi connectivity index (χ3v) is 2.86. The molecule has 4 nitrogen and oxygen atoms in total. The van der Waals surface area contributed by atoms with Gasteiger partial charge in [-0.05, 0) is 17.7 Å². The minimum Gasteiger partial charge on any atom is -0.494 e. The van der Waals surface area contributed by atoms with Gasteiger partial charge < -0.3 is 15.8 Å². The highest BCUT2D eigenvalue weighted by atomic mass is 19.1. The van der Waals surface area contributed by atoms with Crippen LogP contribution in [0, 0.1) is 17.1 Å². The van der Waals surface area contributed by atoms with E-state index in [0.29, 0.717) is 23.5 Å². The fourth-order valence-corrected chi connectivity index (χ4v) is 1.83. The lowest BCUT2D eigenvalue weighted by molar-refractivity contribution is 0.387. The number of anilines is 2. The monoisotopic (exact) mass is 271 g/mol. The lowest BCUT2D eigenvalue weighted by atomic mass is 10.1. The molecule has 102 valence electrons. The molecule has 0 radical (unpaired) electrons. The molecule has 0 amide bonds. The number of benzene rings is 2. The molecule has 2 aromatic carbocycles. The van der Waals surface area contributed by atoms with Crippen LogP contribution in [0.5, 0.6) is 5.75 Å². The summed E-state index contributed by atoms with van der Waals surface area (Å²) in [5, 5.41) is 11.9. The van der Waals surface area contributed by atoms with Crippen molar-refractivity contribution in [2.75, 3.05) is 18.2 Å². The molecule has 3 N–H and O–H groups in total. The summed E-state index contributed by atoms with van der Waals surface area (Å²) >= 11 is 0.